The van der Waals surface area contributed by atoms with Crippen molar-refractivity contribution in [1.29, 1.82) is 5.26 Å². The predicted molar refractivity (Wildman–Crippen MR) is 106 cm³/mol. The molecule has 2 aromatic rings. The van der Waals surface area contributed by atoms with Crippen molar-refractivity contribution in [2.75, 3.05) is 5.32 Å². The average Bonchev–Trinajstić information content (AvgIpc) is 2.99. The van der Waals surface area contributed by atoms with Crippen LogP contribution < -0.4 is 5.32 Å². The number of thiazole rings is 1. The molecule has 0 aromatic carbocycles. The molecule has 0 saturated heterocycles. The van der Waals surface area contributed by atoms with Gasteiger partial charge >= 0.3 is 0 Å². The Balaban J connectivity index is 2.18. The third kappa shape index (κ3) is 5.11. The molecule has 0 atom stereocenters. The van der Waals surface area contributed by atoms with E-state index in [0.29, 0.717) is 16.6 Å². The SMILES string of the molecule is CCc1cc(CO[Si](C)(C)C(C)(C)C)cc(Nc2ncc(C#N)s2)n1. The standard InChI is InChI=1S/C18H26N4OSSi/c1-7-14-8-13(12-23-25(5,6)18(2,3)4)9-16(21-14)22-17-20-11-15(10-19)24-17/h8-9,11H,7,12H2,1-6H3,(H,20,21,22). The highest BCUT2D eigenvalue weighted by molar-refractivity contribution is 7.16. The fourth-order valence-corrected chi connectivity index (χ4v) is 3.53. The minimum atomic E-state index is -1.80. The van der Waals surface area contributed by atoms with E-state index in [2.05, 4.69) is 68.2 Å². The van der Waals surface area contributed by atoms with Crippen LogP contribution in [0, 0.1) is 11.3 Å². The van der Waals surface area contributed by atoms with E-state index in [1.165, 1.54) is 11.3 Å². The number of anilines is 2. The molecule has 0 aliphatic rings. The maximum absolute atomic E-state index is 8.92. The predicted octanol–water partition coefficient (Wildman–Crippen LogP) is 5.24. The molecule has 0 aliphatic heterocycles. The van der Waals surface area contributed by atoms with Crippen molar-refractivity contribution in [3.05, 3.63) is 34.5 Å². The Bertz CT molecular complexity index is 774. The first-order valence-corrected chi connectivity index (χ1v) is 12.1. The minimum absolute atomic E-state index is 0.184. The number of hydrogen-bond acceptors (Lipinski definition) is 6. The summed E-state index contributed by atoms with van der Waals surface area (Å²) in [7, 11) is -1.80. The average molecular weight is 375 g/mol. The molecule has 2 aromatic heterocycles. The lowest BCUT2D eigenvalue weighted by molar-refractivity contribution is 0.276. The van der Waals surface area contributed by atoms with E-state index in [-0.39, 0.29) is 5.04 Å². The number of nitrogens with one attached hydrogen (secondary N) is 1. The van der Waals surface area contributed by atoms with Gasteiger partial charge < -0.3 is 9.74 Å². The molecule has 0 radical (unpaired) electrons. The van der Waals surface area contributed by atoms with Crippen LogP contribution >= 0.6 is 11.3 Å². The first-order chi connectivity index (χ1) is 11.6. The van der Waals surface area contributed by atoms with Crippen LogP contribution in [0.4, 0.5) is 10.9 Å². The van der Waals surface area contributed by atoms with Gasteiger partial charge in [-0.05, 0) is 42.2 Å². The van der Waals surface area contributed by atoms with E-state index in [4.69, 9.17) is 9.69 Å². The Labute approximate surface area is 155 Å². The molecule has 0 fully saturated rings. The number of nitrogens with zero attached hydrogens (tertiary/aromatic N) is 3. The first-order valence-electron chi connectivity index (χ1n) is 8.41. The summed E-state index contributed by atoms with van der Waals surface area (Å²) in [6, 6.07) is 6.20. The molecule has 0 saturated carbocycles. The van der Waals surface area contributed by atoms with Crippen LogP contribution in [0.25, 0.3) is 0 Å². The lowest BCUT2D eigenvalue weighted by atomic mass is 10.2. The summed E-state index contributed by atoms with van der Waals surface area (Å²) in [5.74, 6) is 0.743. The van der Waals surface area contributed by atoms with Crippen LogP contribution in [0.15, 0.2) is 18.3 Å². The van der Waals surface area contributed by atoms with Crippen LogP contribution in [0.1, 0.15) is 43.8 Å². The molecule has 0 amide bonds. The zero-order valence-electron chi connectivity index (χ0n) is 15.8. The molecule has 0 bridgehead atoms. The van der Waals surface area contributed by atoms with Crippen molar-refractivity contribution < 1.29 is 4.43 Å². The quantitative estimate of drug-likeness (QED) is 0.700. The van der Waals surface area contributed by atoms with Gasteiger partial charge in [0.2, 0.25) is 0 Å². The molecule has 134 valence electrons. The van der Waals surface area contributed by atoms with Gasteiger partial charge in [0.15, 0.2) is 13.4 Å². The summed E-state index contributed by atoms with van der Waals surface area (Å²) in [6.45, 7) is 13.9. The first kappa shape index (κ1) is 19.6. The smallest absolute Gasteiger partial charge is 0.192 e. The summed E-state index contributed by atoms with van der Waals surface area (Å²) >= 11 is 1.32. The van der Waals surface area contributed by atoms with Crippen molar-refractivity contribution in [1.82, 2.24) is 9.97 Å². The molecule has 0 spiro atoms. The van der Waals surface area contributed by atoms with E-state index < -0.39 is 8.32 Å². The zero-order chi connectivity index (χ0) is 18.7. The summed E-state index contributed by atoms with van der Waals surface area (Å²) in [4.78, 5) is 9.39. The molecule has 5 nitrogen and oxygen atoms in total. The lowest BCUT2D eigenvalue weighted by Gasteiger charge is -2.36. The van der Waals surface area contributed by atoms with Gasteiger partial charge in [-0.1, -0.05) is 39.0 Å². The fraction of sp³-hybridized carbons (Fsp3) is 0.500. The van der Waals surface area contributed by atoms with E-state index in [9.17, 15) is 0 Å². The number of pyridine rings is 1. The van der Waals surface area contributed by atoms with Gasteiger partial charge in [-0.15, -0.1) is 0 Å². The molecule has 2 rings (SSSR count). The van der Waals surface area contributed by atoms with Gasteiger partial charge in [0.05, 0.1) is 12.8 Å². The molecule has 25 heavy (non-hydrogen) atoms. The largest absolute Gasteiger partial charge is 0.413 e. The van der Waals surface area contributed by atoms with Gasteiger partial charge in [0.1, 0.15) is 16.8 Å². The van der Waals surface area contributed by atoms with Crippen LogP contribution in [-0.4, -0.2) is 18.3 Å². The van der Waals surface area contributed by atoms with Crippen molar-refractivity contribution in [2.45, 2.75) is 58.9 Å². The topological polar surface area (TPSA) is 70.8 Å². The lowest BCUT2D eigenvalue weighted by Crippen LogP contribution is -2.40. The molecule has 0 aliphatic carbocycles. The van der Waals surface area contributed by atoms with Gasteiger partial charge in [-0.3, -0.25) is 0 Å². The number of aromatic nitrogens is 2. The van der Waals surface area contributed by atoms with Crippen LogP contribution in [0.5, 0.6) is 0 Å². The second-order valence-corrected chi connectivity index (χ2v) is 13.4. The minimum Gasteiger partial charge on any atom is -0.413 e. The molecule has 0 unspecified atom stereocenters. The van der Waals surface area contributed by atoms with E-state index in [1.807, 2.05) is 6.07 Å². The van der Waals surface area contributed by atoms with Crippen LogP contribution in [0.3, 0.4) is 0 Å². The van der Waals surface area contributed by atoms with Gasteiger partial charge in [0, 0.05) is 5.69 Å². The van der Waals surface area contributed by atoms with Gasteiger partial charge in [-0.25, -0.2) is 9.97 Å². The monoisotopic (exact) mass is 374 g/mol. The van der Waals surface area contributed by atoms with Crippen LogP contribution in [0.2, 0.25) is 18.1 Å². The number of hydrogen-bond donors (Lipinski definition) is 1. The Morgan fingerprint density at radius 1 is 1.32 bits per heavy atom. The third-order valence-electron chi connectivity index (χ3n) is 4.56. The maximum Gasteiger partial charge on any atom is 0.192 e. The van der Waals surface area contributed by atoms with Gasteiger partial charge in [-0.2, -0.15) is 5.26 Å². The maximum atomic E-state index is 8.92. The van der Waals surface area contributed by atoms with Gasteiger partial charge in [0.25, 0.3) is 0 Å². The number of rotatable bonds is 6. The second kappa shape index (κ2) is 7.64. The molecule has 2 heterocycles. The summed E-state index contributed by atoms with van der Waals surface area (Å²) in [5.41, 5.74) is 2.12. The van der Waals surface area contributed by atoms with E-state index in [1.54, 1.807) is 6.20 Å². The number of nitriles is 1. The highest BCUT2D eigenvalue weighted by atomic mass is 32.1. The fourth-order valence-electron chi connectivity index (χ4n) is 1.95. The second-order valence-electron chi connectivity index (χ2n) is 7.52. The van der Waals surface area contributed by atoms with Crippen molar-refractivity contribution in [2.24, 2.45) is 0 Å². The Hall–Kier alpha value is -1.75. The van der Waals surface area contributed by atoms with Crippen molar-refractivity contribution in [3.8, 4) is 6.07 Å². The third-order valence-corrected chi connectivity index (χ3v) is 9.85. The molecular formula is C18H26N4OSSi. The summed E-state index contributed by atoms with van der Waals surface area (Å²) in [5, 5.41) is 13.0. The van der Waals surface area contributed by atoms with E-state index >= 15 is 0 Å². The Morgan fingerprint density at radius 2 is 2.04 bits per heavy atom. The Kier molecular flexibility index (Phi) is 5.98. The summed E-state index contributed by atoms with van der Waals surface area (Å²) in [6.07, 6.45) is 2.42. The normalized spacial score (nSPS) is 12.0. The highest BCUT2D eigenvalue weighted by Gasteiger charge is 2.37. The molecule has 7 heteroatoms. The highest BCUT2D eigenvalue weighted by Crippen LogP contribution is 2.37. The van der Waals surface area contributed by atoms with Crippen LogP contribution in [-0.2, 0) is 17.5 Å². The van der Waals surface area contributed by atoms with Crippen molar-refractivity contribution >= 4 is 30.6 Å². The zero-order valence-corrected chi connectivity index (χ0v) is 17.6. The summed E-state index contributed by atoms with van der Waals surface area (Å²) < 4.78 is 6.33. The molecule has 1 N–H and O–H groups in total. The Morgan fingerprint density at radius 3 is 2.60 bits per heavy atom. The molecular weight excluding hydrogens is 348 g/mol. The number of aryl methyl sites for hydroxylation is 1. The van der Waals surface area contributed by atoms with E-state index in [0.717, 1.165) is 23.5 Å². The van der Waals surface area contributed by atoms with Crippen molar-refractivity contribution in [3.63, 3.8) is 0 Å².